The predicted octanol–water partition coefficient (Wildman–Crippen LogP) is 12.6. The van der Waals surface area contributed by atoms with Crippen molar-refractivity contribution in [2.75, 3.05) is 26.4 Å². The van der Waals surface area contributed by atoms with E-state index in [1.165, 1.54) is 64.2 Å². The van der Waals surface area contributed by atoms with Crippen LogP contribution in [0.1, 0.15) is 166 Å². The van der Waals surface area contributed by atoms with Gasteiger partial charge in [-0.25, -0.2) is 4.57 Å². The molecule has 0 spiro atoms. The van der Waals surface area contributed by atoms with Crippen LogP contribution in [0.25, 0.3) is 0 Å². The van der Waals surface area contributed by atoms with Crippen LogP contribution in [-0.4, -0.2) is 49.3 Å². The van der Waals surface area contributed by atoms with Crippen LogP contribution in [0, 0.1) is 5.92 Å². The third-order valence-electron chi connectivity index (χ3n) is 11.1. The predicted molar refractivity (Wildman–Crippen MR) is 243 cm³/mol. The molecule has 0 amide bonds. The van der Waals surface area contributed by atoms with Crippen LogP contribution in [0.5, 0.6) is 0 Å². The molecule has 2 atom stereocenters. The quantitative estimate of drug-likeness (QED) is 0.0258. The number of nitrogens with one attached hydrogen (secondary N) is 1. The number of rotatable bonds is 35. The van der Waals surface area contributed by atoms with E-state index in [1.54, 1.807) is 0 Å². The lowest BCUT2D eigenvalue weighted by molar-refractivity contribution is -0.165. The van der Waals surface area contributed by atoms with Gasteiger partial charge in [0.2, 0.25) is 0 Å². The molecule has 334 valence electrons. The van der Waals surface area contributed by atoms with E-state index in [0.717, 1.165) is 61.6 Å². The van der Waals surface area contributed by atoms with Gasteiger partial charge in [0.25, 0.3) is 0 Å². The standard InChI is InChI=1S/C50H76NO8P/c1-4-7-10-11-12-13-14-15-16-17-18-19-29-38-48(52)56-41-47(59-49(53)43(30-8-5-2)31-9-6-3)42-58-60(54,55)57-40-39-51-50(44-32-23-20-24-33-44,45-34-25-21-26-35-45)46-36-27-22-28-37-46/h20-28,32-37,43,47,51H,4-19,29-31,38-42H2,1-3H3,(H,54,55)/t47-/m1/s1. The lowest BCUT2D eigenvalue weighted by Crippen LogP contribution is -2.46. The molecular formula is C50H76NO8P. The maximum absolute atomic E-state index is 13.4. The van der Waals surface area contributed by atoms with Crippen molar-refractivity contribution in [2.24, 2.45) is 5.92 Å². The third kappa shape index (κ3) is 19.6. The molecule has 0 saturated heterocycles. The van der Waals surface area contributed by atoms with Gasteiger partial charge in [-0.2, -0.15) is 0 Å². The van der Waals surface area contributed by atoms with Gasteiger partial charge >= 0.3 is 19.8 Å². The second kappa shape index (κ2) is 30.7. The van der Waals surface area contributed by atoms with Crippen LogP contribution in [0.15, 0.2) is 91.0 Å². The van der Waals surface area contributed by atoms with Crippen LogP contribution in [0.4, 0.5) is 0 Å². The monoisotopic (exact) mass is 850 g/mol. The van der Waals surface area contributed by atoms with Gasteiger partial charge in [0.1, 0.15) is 6.61 Å². The summed E-state index contributed by atoms with van der Waals surface area (Å²) in [5.41, 5.74) is 2.20. The Morgan fingerprint density at radius 1 is 0.600 bits per heavy atom. The number of hydrogen-bond acceptors (Lipinski definition) is 8. The summed E-state index contributed by atoms with van der Waals surface area (Å²) < 4.78 is 35.6. The average Bonchev–Trinajstić information content (AvgIpc) is 3.27. The van der Waals surface area contributed by atoms with Crippen molar-refractivity contribution in [3.8, 4) is 0 Å². The number of carbonyl (C=O) groups excluding carboxylic acids is 2. The number of unbranched alkanes of at least 4 members (excludes halogenated alkanes) is 14. The molecule has 0 aliphatic rings. The first kappa shape index (κ1) is 51.0. The van der Waals surface area contributed by atoms with E-state index < -0.39 is 32.0 Å². The number of esters is 2. The number of phosphoric acid groups is 1. The molecule has 3 aromatic rings. The van der Waals surface area contributed by atoms with Gasteiger partial charge in [-0.1, -0.05) is 214 Å². The van der Waals surface area contributed by atoms with Crippen LogP contribution in [-0.2, 0) is 38.2 Å². The van der Waals surface area contributed by atoms with Gasteiger partial charge in [0.15, 0.2) is 6.10 Å². The highest BCUT2D eigenvalue weighted by Crippen LogP contribution is 2.43. The van der Waals surface area contributed by atoms with Gasteiger partial charge < -0.3 is 14.4 Å². The molecule has 60 heavy (non-hydrogen) atoms. The highest BCUT2D eigenvalue weighted by atomic mass is 31.2. The highest BCUT2D eigenvalue weighted by molar-refractivity contribution is 7.47. The van der Waals surface area contributed by atoms with Gasteiger partial charge in [0, 0.05) is 13.0 Å². The number of phosphoric ester groups is 1. The zero-order valence-corrected chi connectivity index (χ0v) is 37.9. The molecule has 10 heteroatoms. The van der Waals surface area contributed by atoms with Crippen molar-refractivity contribution >= 4 is 19.8 Å². The molecular weight excluding hydrogens is 774 g/mol. The van der Waals surface area contributed by atoms with E-state index in [2.05, 4.69) is 62.5 Å². The lowest BCUT2D eigenvalue weighted by atomic mass is 9.77. The van der Waals surface area contributed by atoms with E-state index in [9.17, 15) is 19.0 Å². The van der Waals surface area contributed by atoms with Crippen molar-refractivity contribution in [2.45, 2.75) is 161 Å². The molecule has 3 rings (SSSR count). The largest absolute Gasteiger partial charge is 0.472 e. The third-order valence-corrected chi connectivity index (χ3v) is 12.1. The Morgan fingerprint density at radius 3 is 1.48 bits per heavy atom. The van der Waals surface area contributed by atoms with E-state index in [-0.39, 0.29) is 38.1 Å². The molecule has 0 aliphatic carbocycles. The first-order valence-corrected chi connectivity index (χ1v) is 24.6. The summed E-state index contributed by atoms with van der Waals surface area (Å²) in [7, 11) is -4.61. The van der Waals surface area contributed by atoms with Crippen molar-refractivity contribution in [3.05, 3.63) is 108 Å². The number of ether oxygens (including phenoxy) is 2. The number of carbonyl (C=O) groups is 2. The summed E-state index contributed by atoms with van der Waals surface area (Å²) in [5.74, 6) is -1.10. The molecule has 2 N–H and O–H groups in total. The smallest absolute Gasteiger partial charge is 0.462 e. The van der Waals surface area contributed by atoms with Crippen molar-refractivity contribution in [1.29, 1.82) is 0 Å². The zero-order valence-electron chi connectivity index (χ0n) is 37.0. The topological polar surface area (TPSA) is 120 Å². The maximum atomic E-state index is 13.4. The Kier molecular flexibility index (Phi) is 26.1. The Morgan fingerprint density at radius 2 is 1.03 bits per heavy atom. The second-order valence-corrected chi connectivity index (χ2v) is 17.5. The second-order valence-electron chi connectivity index (χ2n) is 16.1. The first-order valence-electron chi connectivity index (χ1n) is 23.1. The van der Waals surface area contributed by atoms with Crippen molar-refractivity contribution in [1.82, 2.24) is 5.32 Å². The van der Waals surface area contributed by atoms with Crippen molar-refractivity contribution in [3.63, 3.8) is 0 Å². The van der Waals surface area contributed by atoms with E-state index in [0.29, 0.717) is 12.8 Å². The minimum absolute atomic E-state index is 0.156. The molecule has 0 bridgehead atoms. The summed E-state index contributed by atoms with van der Waals surface area (Å²) in [6.07, 6.45) is 20.0. The van der Waals surface area contributed by atoms with Crippen LogP contribution in [0.2, 0.25) is 0 Å². The molecule has 0 heterocycles. The Bertz CT molecular complexity index is 1490. The van der Waals surface area contributed by atoms with E-state index >= 15 is 0 Å². The summed E-state index contributed by atoms with van der Waals surface area (Å²) >= 11 is 0. The average molecular weight is 850 g/mol. The fourth-order valence-electron chi connectivity index (χ4n) is 7.69. The summed E-state index contributed by atoms with van der Waals surface area (Å²) in [6, 6.07) is 30.1. The van der Waals surface area contributed by atoms with Gasteiger partial charge in [-0.05, 0) is 36.0 Å². The van der Waals surface area contributed by atoms with E-state index in [1.807, 2.05) is 54.6 Å². The summed E-state index contributed by atoms with van der Waals surface area (Å²) in [5, 5.41) is 3.63. The number of hydrogen-bond donors (Lipinski definition) is 2. The molecule has 9 nitrogen and oxygen atoms in total. The molecule has 0 radical (unpaired) electrons. The molecule has 0 aliphatic heterocycles. The highest BCUT2D eigenvalue weighted by Gasteiger charge is 2.36. The minimum atomic E-state index is -4.61. The van der Waals surface area contributed by atoms with Gasteiger partial charge in [-0.3, -0.25) is 24.0 Å². The minimum Gasteiger partial charge on any atom is -0.462 e. The van der Waals surface area contributed by atoms with Crippen LogP contribution in [0.3, 0.4) is 0 Å². The zero-order chi connectivity index (χ0) is 43.2. The molecule has 0 fully saturated rings. The molecule has 3 aromatic carbocycles. The van der Waals surface area contributed by atoms with Crippen LogP contribution >= 0.6 is 7.82 Å². The Hall–Kier alpha value is -3.33. The molecule has 0 saturated carbocycles. The number of benzene rings is 3. The van der Waals surface area contributed by atoms with Crippen molar-refractivity contribution < 1.29 is 37.6 Å². The SMILES string of the molecule is CCCCCCCCCCCCCCCC(=O)OC[C@H](COP(=O)(O)OCCNC(c1ccccc1)(c1ccccc1)c1ccccc1)OC(=O)C(CCCC)CCCC. The fourth-order valence-corrected chi connectivity index (χ4v) is 8.44. The normalized spacial score (nSPS) is 13.2. The molecule has 0 aromatic heterocycles. The maximum Gasteiger partial charge on any atom is 0.472 e. The lowest BCUT2D eigenvalue weighted by Gasteiger charge is -2.37. The van der Waals surface area contributed by atoms with Gasteiger partial charge in [-0.15, -0.1) is 0 Å². The first-order chi connectivity index (χ1) is 29.3. The fraction of sp³-hybridized carbons (Fsp3) is 0.600. The summed E-state index contributed by atoms with van der Waals surface area (Å²) in [4.78, 5) is 37.0. The Labute approximate surface area is 362 Å². The Balaban J connectivity index is 1.55. The van der Waals surface area contributed by atoms with Crippen LogP contribution < -0.4 is 5.32 Å². The summed E-state index contributed by atoms with van der Waals surface area (Å²) in [6.45, 7) is 5.71. The van der Waals surface area contributed by atoms with Gasteiger partial charge in [0.05, 0.1) is 24.7 Å². The molecule has 1 unspecified atom stereocenters. The van der Waals surface area contributed by atoms with E-state index in [4.69, 9.17) is 18.5 Å².